The second-order valence-corrected chi connectivity index (χ2v) is 7.96. The van der Waals surface area contributed by atoms with Crippen LogP contribution >= 0.6 is 15.9 Å². The first-order chi connectivity index (χ1) is 13.1. The van der Waals surface area contributed by atoms with Gasteiger partial charge in [0, 0.05) is 31.2 Å². The standard InChI is InChI=1S/C22H26BrFN2O/c1-2-12-26(16-17-8-9-21(24)20(23)15-17)19-10-13-25(14-11-19)22(27)18-6-4-3-5-7-18/h3-9,15,19H,2,10-14,16H2,1H3. The topological polar surface area (TPSA) is 23.6 Å². The van der Waals surface area contributed by atoms with Crippen molar-refractivity contribution in [2.24, 2.45) is 0 Å². The summed E-state index contributed by atoms with van der Waals surface area (Å²) in [5.74, 6) is -0.105. The molecular weight excluding hydrogens is 407 g/mol. The summed E-state index contributed by atoms with van der Waals surface area (Å²) in [7, 11) is 0. The zero-order valence-corrected chi connectivity index (χ0v) is 17.3. The molecule has 2 aromatic rings. The molecule has 0 radical (unpaired) electrons. The Labute approximate surface area is 169 Å². The van der Waals surface area contributed by atoms with E-state index in [1.807, 2.05) is 47.4 Å². The van der Waals surface area contributed by atoms with Gasteiger partial charge in [0.25, 0.3) is 5.91 Å². The number of benzene rings is 2. The van der Waals surface area contributed by atoms with Crippen molar-refractivity contribution in [1.82, 2.24) is 9.80 Å². The van der Waals surface area contributed by atoms with Crippen LogP contribution in [0.2, 0.25) is 0 Å². The van der Waals surface area contributed by atoms with Gasteiger partial charge in [0.05, 0.1) is 4.47 Å². The summed E-state index contributed by atoms with van der Waals surface area (Å²) in [6, 6.07) is 15.2. The normalized spacial score (nSPS) is 15.3. The number of nitrogens with zero attached hydrogens (tertiary/aromatic N) is 2. The van der Waals surface area contributed by atoms with Crippen molar-refractivity contribution in [3.05, 3.63) is 69.9 Å². The average Bonchev–Trinajstić information content (AvgIpc) is 2.71. The van der Waals surface area contributed by atoms with Gasteiger partial charge in [0.15, 0.2) is 0 Å². The van der Waals surface area contributed by atoms with E-state index >= 15 is 0 Å². The molecular formula is C22H26BrFN2O. The first-order valence-corrected chi connectivity index (χ1v) is 10.4. The lowest BCUT2D eigenvalue weighted by Gasteiger charge is -2.38. The molecule has 1 amide bonds. The summed E-state index contributed by atoms with van der Waals surface area (Å²) in [6.07, 6.45) is 3.02. The van der Waals surface area contributed by atoms with Crippen LogP contribution in [0.25, 0.3) is 0 Å². The molecule has 1 aliphatic heterocycles. The third kappa shape index (κ3) is 5.17. The molecule has 2 aromatic carbocycles. The van der Waals surface area contributed by atoms with Crippen LogP contribution in [-0.2, 0) is 6.54 Å². The second-order valence-electron chi connectivity index (χ2n) is 7.11. The Bertz CT molecular complexity index is 760. The number of carbonyl (C=O) groups is 1. The molecule has 3 nitrogen and oxygen atoms in total. The molecule has 0 unspecified atom stereocenters. The van der Waals surface area contributed by atoms with Crippen molar-refractivity contribution < 1.29 is 9.18 Å². The average molecular weight is 433 g/mol. The Balaban J connectivity index is 1.61. The smallest absolute Gasteiger partial charge is 0.253 e. The van der Waals surface area contributed by atoms with Crippen LogP contribution < -0.4 is 0 Å². The lowest BCUT2D eigenvalue weighted by atomic mass is 10.0. The van der Waals surface area contributed by atoms with Crippen LogP contribution in [0.4, 0.5) is 4.39 Å². The van der Waals surface area contributed by atoms with Gasteiger partial charge < -0.3 is 4.90 Å². The number of halogens is 2. The third-order valence-electron chi connectivity index (χ3n) is 5.17. The largest absolute Gasteiger partial charge is 0.339 e. The van der Waals surface area contributed by atoms with E-state index in [1.54, 1.807) is 0 Å². The Hall–Kier alpha value is -1.72. The molecule has 27 heavy (non-hydrogen) atoms. The van der Waals surface area contributed by atoms with Gasteiger partial charge in [0.2, 0.25) is 0 Å². The number of hydrogen-bond donors (Lipinski definition) is 0. The van der Waals surface area contributed by atoms with Crippen molar-refractivity contribution in [2.45, 2.75) is 38.8 Å². The number of likely N-dealkylation sites (tertiary alicyclic amines) is 1. The fourth-order valence-corrected chi connectivity index (χ4v) is 4.17. The minimum Gasteiger partial charge on any atom is -0.339 e. The van der Waals surface area contributed by atoms with Gasteiger partial charge in [-0.15, -0.1) is 0 Å². The van der Waals surface area contributed by atoms with E-state index in [1.165, 1.54) is 6.07 Å². The maximum atomic E-state index is 13.5. The van der Waals surface area contributed by atoms with E-state index in [4.69, 9.17) is 0 Å². The number of carbonyl (C=O) groups excluding carboxylic acids is 1. The fourth-order valence-electron chi connectivity index (χ4n) is 3.75. The molecule has 1 saturated heterocycles. The number of hydrogen-bond acceptors (Lipinski definition) is 2. The molecule has 1 aliphatic rings. The lowest BCUT2D eigenvalue weighted by molar-refractivity contribution is 0.0607. The molecule has 0 saturated carbocycles. The SMILES string of the molecule is CCCN(Cc1ccc(F)c(Br)c1)C1CCN(C(=O)c2ccccc2)CC1. The Morgan fingerprint density at radius 1 is 1.19 bits per heavy atom. The summed E-state index contributed by atoms with van der Waals surface area (Å²) in [5.41, 5.74) is 1.87. The highest BCUT2D eigenvalue weighted by molar-refractivity contribution is 9.10. The summed E-state index contributed by atoms with van der Waals surface area (Å²) in [4.78, 5) is 17.1. The van der Waals surface area contributed by atoms with Gasteiger partial charge in [0.1, 0.15) is 5.82 Å². The molecule has 3 rings (SSSR count). The Morgan fingerprint density at radius 2 is 1.89 bits per heavy atom. The van der Waals surface area contributed by atoms with E-state index in [2.05, 4.69) is 27.8 Å². The van der Waals surface area contributed by atoms with Gasteiger partial charge in [-0.05, 0) is 71.6 Å². The molecule has 0 spiro atoms. The number of amides is 1. The first-order valence-electron chi connectivity index (χ1n) is 9.60. The molecule has 0 aromatic heterocycles. The summed E-state index contributed by atoms with van der Waals surface area (Å²) >= 11 is 3.28. The molecule has 0 N–H and O–H groups in total. The summed E-state index contributed by atoms with van der Waals surface area (Å²) in [5, 5.41) is 0. The van der Waals surface area contributed by atoms with E-state index in [0.717, 1.165) is 56.6 Å². The van der Waals surface area contributed by atoms with Crippen molar-refractivity contribution in [2.75, 3.05) is 19.6 Å². The van der Waals surface area contributed by atoms with Gasteiger partial charge in [-0.3, -0.25) is 9.69 Å². The zero-order valence-electron chi connectivity index (χ0n) is 15.7. The quantitative estimate of drug-likeness (QED) is 0.633. The Morgan fingerprint density at radius 3 is 2.52 bits per heavy atom. The van der Waals surface area contributed by atoms with E-state index in [-0.39, 0.29) is 11.7 Å². The highest BCUT2D eigenvalue weighted by atomic mass is 79.9. The highest BCUT2D eigenvalue weighted by Crippen LogP contribution is 2.23. The van der Waals surface area contributed by atoms with Crippen molar-refractivity contribution in [1.29, 1.82) is 0 Å². The van der Waals surface area contributed by atoms with Crippen LogP contribution in [0.3, 0.4) is 0 Å². The monoisotopic (exact) mass is 432 g/mol. The molecule has 0 aliphatic carbocycles. The number of rotatable bonds is 6. The Kier molecular flexibility index (Phi) is 7.02. The van der Waals surface area contributed by atoms with E-state index < -0.39 is 0 Å². The summed E-state index contributed by atoms with van der Waals surface area (Å²) in [6.45, 7) is 5.56. The molecule has 1 fully saturated rings. The minimum absolute atomic E-state index is 0.124. The van der Waals surface area contributed by atoms with Crippen LogP contribution in [0.5, 0.6) is 0 Å². The maximum absolute atomic E-state index is 13.5. The summed E-state index contributed by atoms with van der Waals surface area (Å²) < 4.78 is 14.0. The van der Waals surface area contributed by atoms with Gasteiger partial charge >= 0.3 is 0 Å². The van der Waals surface area contributed by atoms with E-state index in [0.29, 0.717) is 10.5 Å². The highest BCUT2D eigenvalue weighted by Gasteiger charge is 2.27. The minimum atomic E-state index is -0.228. The van der Waals surface area contributed by atoms with Crippen LogP contribution in [0.1, 0.15) is 42.1 Å². The van der Waals surface area contributed by atoms with Gasteiger partial charge in [-0.2, -0.15) is 0 Å². The van der Waals surface area contributed by atoms with Crippen LogP contribution in [-0.4, -0.2) is 41.4 Å². The number of piperidine rings is 1. The maximum Gasteiger partial charge on any atom is 0.253 e. The predicted octanol–water partition coefficient (Wildman–Crippen LogP) is 5.11. The molecule has 1 heterocycles. The third-order valence-corrected chi connectivity index (χ3v) is 5.78. The van der Waals surface area contributed by atoms with E-state index in [9.17, 15) is 9.18 Å². The fraction of sp³-hybridized carbons (Fsp3) is 0.409. The van der Waals surface area contributed by atoms with Crippen LogP contribution in [0.15, 0.2) is 53.0 Å². The molecule has 0 bridgehead atoms. The first kappa shape index (κ1) is 20.0. The molecule has 5 heteroatoms. The van der Waals surface area contributed by atoms with Crippen molar-refractivity contribution in [3.8, 4) is 0 Å². The molecule has 144 valence electrons. The van der Waals surface area contributed by atoms with Crippen molar-refractivity contribution in [3.63, 3.8) is 0 Å². The second kappa shape index (κ2) is 9.47. The predicted molar refractivity (Wildman–Crippen MR) is 110 cm³/mol. The zero-order chi connectivity index (χ0) is 19.2. The van der Waals surface area contributed by atoms with Crippen LogP contribution in [0, 0.1) is 5.82 Å². The van der Waals surface area contributed by atoms with Gasteiger partial charge in [-0.25, -0.2) is 4.39 Å². The van der Waals surface area contributed by atoms with Gasteiger partial charge in [-0.1, -0.05) is 31.2 Å². The molecule has 0 atom stereocenters. The van der Waals surface area contributed by atoms with Crippen molar-refractivity contribution >= 4 is 21.8 Å². The lowest BCUT2D eigenvalue weighted by Crippen LogP contribution is -2.46.